The number of rotatable bonds is 4. The molecule has 1 rings (SSSR count). The van der Waals surface area contributed by atoms with E-state index in [-0.39, 0.29) is 12.5 Å². The van der Waals surface area contributed by atoms with Crippen LogP contribution in [0.4, 0.5) is 0 Å². The van der Waals surface area contributed by atoms with Crippen molar-refractivity contribution in [2.24, 2.45) is 0 Å². The minimum absolute atomic E-state index is 0.263. The van der Waals surface area contributed by atoms with Crippen molar-refractivity contribution < 1.29 is 14.3 Å². The molecule has 0 radical (unpaired) electrons. The molecule has 0 spiro atoms. The number of ether oxygens (including phenoxy) is 1. The summed E-state index contributed by atoms with van der Waals surface area (Å²) < 4.78 is 4.88. The van der Waals surface area contributed by atoms with Gasteiger partial charge >= 0.3 is 5.97 Å². The molecule has 0 aliphatic rings. The highest BCUT2D eigenvalue weighted by Gasteiger charge is 2.28. The first-order valence-electron chi connectivity index (χ1n) is 5.13. The summed E-state index contributed by atoms with van der Waals surface area (Å²) in [4.78, 5) is 23.3. The third-order valence-electron chi connectivity index (χ3n) is 2.16. The minimum atomic E-state index is -0.883. The van der Waals surface area contributed by atoms with Crippen molar-refractivity contribution in [1.82, 2.24) is 5.32 Å². The first-order chi connectivity index (χ1) is 7.70. The molecule has 1 aromatic carbocycles. The molecule has 0 heterocycles. The van der Waals surface area contributed by atoms with Crippen LogP contribution in [-0.4, -0.2) is 25.5 Å². The average molecular weight is 221 g/mol. The molecule has 0 saturated heterocycles. The molecule has 1 atom stereocenters. The quantitative estimate of drug-likeness (QED) is 0.611. The number of amides is 1. The van der Waals surface area contributed by atoms with Crippen LogP contribution in [0.15, 0.2) is 30.3 Å². The third-order valence-corrected chi connectivity index (χ3v) is 2.16. The number of likely N-dealkylation sites (N-methyl/N-ethyl adjacent to an activating group) is 1. The van der Waals surface area contributed by atoms with Gasteiger partial charge in [0.05, 0.1) is 6.61 Å². The van der Waals surface area contributed by atoms with E-state index in [0.717, 1.165) is 0 Å². The molecule has 1 N–H and O–H groups in total. The molecule has 16 heavy (non-hydrogen) atoms. The lowest BCUT2D eigenvalue weighted by Crippen LogP contribution is -2.32. The Morgan fingerprint density at radius 1 is 1.31 bits per heavy atom. The second-order valence-electron chi connectivity index (χ2n) is 3.21. The van der Waals surface area contributed by atoms with Gasteiger partial charge in [0.15, 0.2) is 5.92 Å². The second kappa shape index (κ2) is 5.90. The fourth-order valence-electron chi connectivity index (χ4n) is 1.41. The van der Waals surface area contributed by atoms with E-state index >= 15 is 0 Å². The first-order valence-corrected chi connectivity index (χ1v) is 5.13. The van der Waals surface area contributed by atoms with Gasteiger partial charge in [-0.2, -0.15) is 0 Å². The van der Waals surface area contributed by atoms with Crippen molar-refractivity contribution in [3.63, 3.8) is 0 Å². The van der Waals surface area contributed by atoms with E-state index in [1.54, 1.807) is 31.2 Å². The lowest BCUT2D eigenvalue weighted by atomic mass is 9.98. The summed E-state index contributed by atoms with van der Waals surface area (Å²) in [5.41, 5.74) is 0.639. The van der Waals surface area contributed by atoms with Crippen LogP contribution >= 0.6 is 0 Å². The Morgan fingerprint density at radius 2 is 1.94 bits per heavy atom. The van der Waals surface area contributed by atoms with Crippen molar-refractivity contribution in [1.29, 1.82) is 0 Å². The topological polar surface area (TPSA) is 55.4 Å². The maximum Gasteiger partial charge on any atom is 0.323 e. The van der Waals surface area contributed by atoms with Gasteiger partial charge in [-0.1, -0.05) is 30.3 Å². The number of hydrogen-bond donors (Lipinski definition) is 1. The highest BCUT2D eigenvalue weighted by atomic mass is 16.5. The van der Waals surface area contributed by atoms with E-state index in [0.29, 0.717) is 5.56 Å². The fourth-order valence-corrected chi connectivity index (χ4v) is 1.41. The molecule has 0 bridgehead atoms. The van der Waals surface area contributed by atoms with Crippen molar-refractivity contribution in [2.75, 3.05) is 13.7 Å². The van der Waals surface area contributed by atoms with Crippen LogP contribution in [0.1, 0.15) is 18.4 Å². The van der Waals surface area contributed by atoms with Crippen molar-refractivity contribution in [2.45, 2.75) is 12.8 Å². The monoisotopic (exact) mass is 221 g/mol. The molecule has 4 nitrogen and oxygen atoms in total. The van der Waals surface area contributed by atoms with E-state index < -0.39 is 11.9 Å². The molecule has 0 aliphatic heterocycles. The number of hydrogen-bond acceptors (Lipinski definition) is 3. The Hall–Kier alpha value is -1.84. The second-order valence-corrected chi connectivity index (χ2v) is 3.21. The third kappa shape index (κ3) is 2.82. The summed E-state index contributed by atoms with van der Waals surface area (Å²) >= 11 is 0. The summed E-state index contributed by atoms with van der Waals surface area (Å²) in [7, 11) is 1.50. The highest BCUT2D eigenvalue weighted by molar-refractivity contribution is 6.03. The number of carbonyl (C=O) groups is 2. The van der Waals surface area contributed by atoms with Gasteiger partial charge in [-0.3, -0.25) is 9.59 Å². The van der Waals surface area contributed by atoms with E-state index in [2.05, 4.69) is 5.32 Å². The van der Waals surface area contributed by atoms with E-state index in [9.17, 15) is 9.59 Å². The molecule has 0 aromatic heterocycles. The molecule has 1 unspecified atom stereocenters. The van der Waals surface area contributed by atoms with Crippen LogP contribution in [0.3, 0.4) is 0 Å². The maximum absolute atomic E-state index is 11.7. The zero-order chi connectivity index (χ0) is 12.0. The summed E-state index contributed by atoms with van der Waals surface area (Å²) in [5.74, 6) is -1.76. The summed E-state index contributed by atoms with van der Waals surface area (Å²) in [5, 5.41) is 2.46. The lowest BCUT2D eigenvalue weighted by molar-refractivity contribution is -0.148. The van der Waals surface area contributed by atoms with Gasteiger partial charge < -0.3 is 10.1 Å². The van der Waals surface area contributed by atoms with Crippen LogP contribution in [0.5, 0.6) is 0 Å². The minimum Gasteiger partial charge on any atom is -0.465 e. The average Bonchev–Trinajstić information content (AvgIpc) is 2.31. The number of esters is 1. The summed E-state index contributed by atoms with van der Waals surface area (Å²) in [6, 6.07) is 8.86. The lowest BCUT2D eigenvalue weighted by Gasteiger charge is -2.14. The van der Waals surface area contributed by atoms with Crippen LogP contribution in [0.2, 0.25) is 0 Å². The van der Waals surface area contributed by atoms with Gasteiger partial charge in [-0.25, -0.2) is 0 Å². The van der Waals surface area contributed by atoms with Gasteiger partial charge in [-0.05, 0) is 12.5 Å². The maximum atomic E-state index is 11.7. The summed E-state index contributed by atoms with van der Waals surface area (Å²) in [6.07, 6.45) is 0. The SMILES string of the molecule is CCOC(=O)C(C(=O)NC)c1ccccc1. The van der Waals surface area contributed by atoms with E-state index in [1.165, 1.54) is 7.05 Å². The molecule has 1 amide bonds. The van der Waals surface area contributed by atoms with Crippen molar-refractivity contribution in [3.05, 3.63) is 35.9 Å². The van der Waals surface area contributed by atoms with Crippen LogP contribution in [0.25, 0.3) is 0 Å². The molecule has 0 saturated carbocycles. The van der Waals surface area contributed by atoms with Crippen molar-refractivity contribution in [3.8, 4) is 0 Å². The molecule has 4 heteroatoms. The smallest absolute Gasteiger partial charge is 0.323 e. The number of carbonyl (C=O) groups excluding carboxylic acids is 2. The highest BCUT2D eigenvalue weighted by Crippen LogP contribution is 2.17. The molecule has 1 aromatic rings. The van der Waals surface area contributed by atoms with Gasteiger partial charge in [0, 0.05) is 7.05 Å². The largest absolute Gasteiger partial charge is 0.465 e. The Balaban J connectivity index is 2.97. The Labute approximate surface area is 94.6 Å². The van der Waals surface area contributed by atoms with E-state index in [4.69, 9.17) is 4.74 Å². The van der Waals surface area contributed by atoms with Crippen LogP contribution in [-0.2, 0) is 14.3 Å². The number of nitrogens with one attached hydrogen (secondary N) is 1. The molecular formula is C12H15NO3. The van der Waals surface area contributed by atoms with Gasteiger partial charge in [0.1, 0.15) is 0 Å². The Morgan fingerprint density at radius 3 is 2.44 bits per heavy atom. The Bertz CT molecular complexity index is 362. The first kappa shape index (κ1) is 12.2. The standard InChI is InChI=1S/C12H15NO3/c1-3-16-12(15)10(11(14)13-2)9-7-5-4-6-8-9/h4-8,10H,3H2,1-2H3,(H,13,14). The summed E-state index contributed by atoms with van der Waals surface area (Å²) in [6.45, 7) is 1.98. The molecule has 0 fully saturated rings. The number of benzene rings is 1. The molecule has 0 aliphatic carbocycles. The predicted octanol–water partition coefficient (Wildman–Crippen LogP) is 1.08. The Kier molecular flexibility index (Phi) is 4.51. The zero-order valence-electron chi connectivity index (χ0n) is 9.40. The zero-order valence-corrected chi connectivity index (χ0v) is 9.40. The van der Waals surface area contributed by atoms with Gasteiger partial charge in [0.25, 0.3) is 0 Å². The van der Waals surface area contributed by atoms with Crippen LogP contribution in [0, 0.1) is 0 Å². The van der Waals surface area contributed by atoms with E-state index in [1.807, 2.05) is 6.07 Å². The van der Waals surface area contributed by atoms with Crippen LogP contribution < -0.4 is 5.32 Å². The molecular weight excluding hydrogens is 206 g/mol. The predicted molar refractivity (Wildman–Crippen MR) is 59.9 cm³/mol. The van der Waals surface area contributed by atoms with Crippen molar-refractivity contribution >= 4 is 11.9 Å². The molecule has 86 valence electrons. The fraction of sp³-hybridized carbons (Fsp3) is 0.333. The normalized spacial score (nSPS) is 11.6. The van der Waals surface area contributed by atoms with Gasteiger partial charge in [-0.15, -0.1) is 0 Å². The van der Waals surface area contributed by atoms with Gasteiger partial charge in [0.2, 0.25) is 5.91 Å².